The average Bonchev–Trinajstić information content (AvgIpc) is 2.31. The third kappa shape index (κ3) is 2.81. The number of H-pyrrole nitrogens is 1. The van der Waals surface area contributed by atoms with Crippen molar-refractivity contribution in [3.8, 4) is 11.3 Å². The van der Waals surface area contributed by atoms with E-state index >= 15 is 0 Å². The van der Waals surface area contributed by atoms with Gasteiger partial charge in [0.15, 0.2) is 0 Å². The highest BCUT2D eigenvalue weighted by molar-refractivity contribution is 5.59. The van der Waals surface area contributed by atoms with Crippen LogP contribution in [0.4, 0.5) is 17.6 Å². The molecule has 2 rings (SSSR count). The van der Waals surface area contributed by atoms with Crippen LogP contribution in [0.1, 0.15) is 11.3 Å². The van der Waals surface area contributed by atoms with E-state index in [0.29, 0.717) is 11.6 Å². The zero-order valence-corrected chi connectivity index (χ0v) is 9.68. The first-order valence-corrected chi connectivity index (χ1v) is 5.22. The van der Waals surface area contributed by atoms with Crippen LogP contribution < -0.4 is 5.69 Å². The van der Waals surface area contributed by atoms with E-state index in [1.165, 1.54) is 19.1 Å². The van der Waals surface area contributed by atoms with Gasteiger partial charge in [0.25, 0.3) is 0 Å². The molecule has 1 N–H and O–H groups in total. The van der Waals surface area contributed by atoms with Crippen LogP contribution in [0.25, 0.3) is 11.3 Å². The number of aromatic nitrogens is 2. The highest BCUT2D eigenvalue weighted by Crippen LogP contribution is 2.29. The van der Waals surface area contributed by atoms with Crippen LogP contribution in [0.5, 0.6) is 0 Å². The van der Waals surface area contributed by atoms with Crippen LogP contribution in [0.3, 0.4) is 0 Å². The van der Waals surface area contributed by atoms with Gasteiger partial charge in [0.05, 0.1) is 5.69 Å². The smallest absolute Gasteiger partial charge is 0.302 e. The van der Waals surface area contributed by atoms with Gasteiger partial charge in [-0.25, -0.2) is 9.18 Å². The van der Waals surface area contributed by atoms with Crippen LogP contribution >= 0.6 is 0 Å². The Kier molecular flexibility index (Phi) is 3.13. The Morgan fingerprint density at radius 1 is 1.21 bits per heavy atom. The Morgan fingerprint density at radius 2 is 1.89 bits per heavy atom. The average molecular weight is 272 g/mol. The van der Waals surface area contributed by atoms with Crippen molar-refractivity contribution < 1.29 is 17.6 Å². The largest absolute Gasteiger partial charge is 0.431 e. The fourth-order valence-electron chi connectivity index (χ4n) is 1.51. The number of aryl methyl sites for hydroxylation is 1. The minimum absolute atomic E-state index is 0.111. The first kappa shape index (κ1) is 13.3. The number of rotatable bonds is 1. The summed E-state index contributed by atoms with van der Waals surface area (Å²) in [4.78, 5) is 16.1. The molecule has 0 aliphatic heterocycles. The van der Waals surface area contributed by atoms with Gasteiger partial charge in [0.2, 0.25) is 0 Å². The topological polar surface area (TPSA) is 45.8 Å². The van der Waals surface area contributed by atoms with Crippen molar-refractivity contribution in [2.24, 2.45) is 0 Å². The van der Waals surface area contributed by atoms with Crippen LogP contribution in [0.2, 0.25) is 0 Å². The Balaban J connectivity index is 2.59. The highest BCUT2D eigenvalue weighted by atomic mass is 19.4. The van der Waals surface area contributed by atoms with Gasteiger partial charge < -0.3 is 4.98 Å². The van der Waals surface area contributed by atoms with Crippen molar-refractivity contribution in [2.75, 3.05) is 0 Å². The zero-order valence-electron chi connectivity index (χ0n) is 9.68. The maximum atomic E-state index is 13.4. The molecule has 7 heteroatoms. The number of alkyl halides is 3. The highest BCUT2D eigenvalue weighted by Gasteiger charge is 2.32. The molecule has 1 aromatic carbocycles. The van der Waals surface area contributed by atoms with Crippen molar-refractivity contribution in [3.05, 3.63) is 51.8 Å². The molecule has 0 saturated heterocycles. The van der Waals surface area contributed by atoms with Gasteiger partial charge in [-0.1, -0.05) is 12.1 Å². The second-order valence-corrected chi connectivity index (χ2v) is 3.95. The van der Waals surface area contributed by atoms with E-state index in [9.17, 15) is 22.4 Å². The fourth-order valence-corrected chi connectivity index (χ4v) is 1.51. The maximum absolute atomic E-state index is 13.4. The van der Waals surface area contributed by atoms with Crippen molar-refractivity contribution in [3.63, 3.8) is 0 Å². The molecule has 0 amide bonds. The predicted molar refractivity (Wildman–Crippen MR) is 60.0 cm³/mol. The fraction of sp³-hybridized carbons (Fsp3) is 0.167. The van der Waals surface area contributed by atoms with Crippen molar-refractivity contribution in [2.45, 2.75) is 13.1 Å². The summed E-state index contributed by atoms with van der Waals surface area (Å²) in [5.41, 5.74) is -2.12. The van der Waals surface area contributed by atoms with E-state index in [1.807, 2.05) is 0 Å². The normalized spacial score (nSPS) is 11.6. The van der Waals surface area contributed by atoms with E-state index in [-0.39, 0.29) is 11.3 Å². The third-order valence-electron chi connectivity index (χ3n) is 2.52. The maximum Gasteiger partial charge on any atom is 0.431 e. The summed E-state index contributed by atoms with van der Waals surface area (Å²) in [6.07, 6.45) is -4.69. The standard InChI is InChI=1S/C12H8F4N2O/c1-6-2-3-7(4-8(6)13)9-5-10(12(14,15)16)18-11(19)17-9/h2-5H,1H3,(H,17,18,19). The van der Waals surface area contributed by atoms with E-state index < -0.39 is 23.4 Å². The molecule has 0 fully saturated rings. The van der Waals surface area contributed by atoms with Gasteiger partial charge in [-0.2, -0.15) is 18.2 Å². The lowest BCUT2D eigenvalue weighted by Crippen LogP contribution is -2.19. The molecule has 3 nitrogen and oxygen atoms in total. The molecule has 0 spiro atoms. The molecule has 2 aromatic rings. The van der Waals surface area contributed by atoms with Gasteiger partial charge in [-0.15, -0.1) is 0 Å². The van der Waals surface area contributed by atoms with Crippen molar-refractivity contribution >= 4 is 0 Å². The molecule has 0 aliphatic carbocycles. The lowest BCUT2D eigenvalue weighted by molar-refractivity contribution is -0.141. The monoisotopic (exact) mass is 272 g/mol. The first-order chi connectivity index (χ1) is 8.77. The van der Waals surface area contributed by atoms with E-state index in [0.717, 1.165) is 6.07 Å². The van der Waals surface area contributed by atoms with Crippen LogP contribution in [0.15, 0.2) is 29.1 Å². The van der Waals surface area contributed by atoms with Crippen LogP contribution in [-0.4, -0.2) is 9.97 Å². The summed E-state index contributed by atoms with van der Waals surface area (Å²) in [5.74, 6) is -0.576. The van der Waals surface area contributed by atoms with E-state index in [2.05, 4.69) is 4.98 Å². The molecule has 0 atom stereocenters. The SMILES string of the molecule is Cc1ccc(-c2cc(C(F)(F)F)[nH]c(=O)n2)cc1F. The van der Waals surface area contributed by atoms with Crippen LogP contribution in [0, 0.1) is 12.7 Å². The lowest BCUT2D eigenvalue weighted by atomic mass is 10.1. The van der Waals surface area contributed by atoms with Gasteiger partial charge in [0, 0.05) is 5.56 Å². The summed E-state index contributed by atoms with van der Waals surface area (Å²) in [7, 11) is 0. The second-order valence-electron chi connectivity index (χ2n) is 3.95. The van der Waals surface area contributed by atoms with Gasteiger partial charge in [-0.3, -0.25) is 0 Å². The van der Waals surface area contributed by atoms with E-state index in [4.69, 9.17) is 0 Å². The molecule has 100 valence electrons. The molecular formula is C12H8F4N2O. The Morgan fingerprint density at radius 3 is 2.47 bits per heavy atom. The number of benzene rings is 1. The quantitative estimate of drug-likeness (QED) is 0.811. The third-order valence-corrected chi connectivity index (χ3v) is 2.52. The molecule has 0 unspecified atom stereocenters. The number of hydrogen-bond donors (Lipinski definition) is 1. The summed E-state index contributed by atoms with van der Waals surface area (Å²) in [6, 6.07) is 4.52. The Bertz CT molecular complexity index is 676. The zero-order chi connectivity index (χ0) is 14.2. The predicted octanol–water partition coefficient (Wildman–Crippen LogP) is 2.90. The first-order valence-electron chi connectivity index (χ1n) is 5.22. The second kappa shape index (κ2) is 4.49. The molecule has 0 bridgehead atoms. The van der Waals surface area contributed by atoms with E-state index in [1.54, 1.807) is 4.98 Å². The lowest BCUT2D eigenvalue weighted by Gasteiger charge is -2.08. The summed E-state index contributed by atoms with van der Waals surface area (Å²) in [5, 5.41) is 0. The molecular weight excluding hydrogens is 264 g/mol. The number of nitrogens with one attached hydrogen (secondary N) is 1. The Hall–Kier alpha value is -2.18. The van der Waals surface area contributed by atoms with Crippen molar-refractivity contribution in [1.82, 2.24) is 9.97 Å². The summed E-state index contributed by atoms with van der Waals surface area (Å²) < 4.78 is 51.0. The molecule has 0 aliphatic rings. The Labute approximate surface area is 104 Å². The molecule has 0 radical (unpaired) electrons. The van der Waals surface area contributed by atoms with Gasteiger partial charge >= 0.3 is 11.9 Å². The number of halogens is 4. The van der Waals surface area contributed by atoms with Crippen molar-refractivity contribution in [1.29, 1.82) is 0 Å². The van der Waals surface area contributed by atoms with Gasteiger partial charge in [-0.05, 0) is 24.6 Å². The minimum atomic E-state index is -4.69. The number of aromatic amines is 1. The van der Waals surface area contributed by atoms with Crippen LogP contribution in [-0.2, 0) is 6.18 Å². The van der Waals surface area contributed by atoms with Gasteiger partial charge in [0.1, 0.15) is 11.5 Å². The number of hydrogen-bond acceptors (Lipinski definition) is 2. The molecule has 0 saturated carbocycles. The number of nitrogens with zero attached hydrogens (tertiary/aromatic N) is 1. The summed E-state index contributed by atoms with van der Waals surface area (Å²) >= 11 is 0. The summed E-state index contributed by atoms with van der Waals surface area (Å²) in [6.45, 7) is 1.52. The molecule has 19 heavy (non-hydrogen) atoms. The minimum Gasteiger partial charge on any atom is -0.302 e. The molecule has 1 aromatic heterocycles. The molecule has 1 heterocycles.